The first-order valence-electron chi connectivity index (χ1n) is 15.4. The third-order valence-corrected chi connectivity index (χ3v) is 7.27. The highest BCUT2D eigenvalue weighted by Crippen LogP contribution is 2.24. The van der Waals surface area contributed by atoms with Crippen LogP contribution >= 0.6 is 0 Å². The van der Waals surface area contributed by atoms with Gasteiger partial charge in [0.2, 0.25) is 11.8 Å². The standard InChI is InChI=1S/C34H48N4O4/c1-5-6-7-8-9-10-19-35-30(39)24-37-20-11-12-21-38(25-31(40)36-34(2,3)4)33(42)29-18-14-16-27(23-29)26-15-13-17-28(22-26)32(37)41/h13-18,22-23H,5-12,19-21,24-25H2,1-4H3,(H,35,39)(H,36,40). The highest BCUT2D eigenvalue weighted by Gasteiger charge is 2.24. The molecule has 4 bridgehead atoms. The molecule has 0 radical (unpaired) electrons. The molecular formula is C34H48N4O4. The van der Waals surface area contributed by atoms with E-state index >= 15 is 0 Å². The molecule has 0 unspecified atom stereocenters. The van der Waals surface area contributed by atoms with Crippen molar-refractivity contribution in [3.05, 3.63) is 59.7 Å². The van der Waals surface area contributed by atoms with Gasteiger partial charge >= 0.3 is 0 Å². The van der Waals surface area contributed by atoms with Gasteiger partial charge in [0.05, 0.1) is 13.1 Å². The van der Waals surface area contributed by atoms with Crippen molar-refractivity contribution in [2.45, 2.75) is 84.6 Å². The van der Waals surface area contributed by atoms with Gasteiger partial charge < -0.3 is 20.4 Å². The second-order valence-electron chi connectivity index (χ2n) is 12.2. The Bertz CT molecular complexity index is 1220. The second kappa shape index (κ2) is 16.1. The Kier molecular flexibility index (Phi) is 12.6. The number of carbonyl (C=O) groups is 4. The molecule has 2 aromatic rings. The van der Waals surface area contributed by atoms with Crippen LogP contribution < -0.4 is 10.6 Å². The van der Waals surface area contributed by atoms with Crippen molar-refractivity contribution in [1.29, 1.82) is 0 Å². The second-order valence-corrected chi connectivity index (χ2v) is 12.2. The van der Waals surface area contributed by atoms with Crippen LogP contribution in [0.25, 0.3) is 11.1 Å². The van der Waals surface area contributed by atoms with Crippen LogP contribution in [0, 0.1) is 0 Å². The number of fused-ring (bicyclic) bond motifs is 5. The molecule has 8 nitrogen and oxygen atoms in total. The van der Waals surface area contributed by atoms with Crippen molar-refractivity contribution in [1.82, 2.24) is 20.4 Å². The molecule has 0 atom stereocenters. The molecule has 0 spiro atoms. The number of benzene rings is 2. The van der Waals surface area contributed by atoms with Crippen molar-refractivity contribution < 1.29 is 19.2 Å². The Morgan fingerprint density at radius 2 is 1.19 bits per heavy atom. The van der Waals surface area contributed by atoms with E-state index in [-0.39, 0.29) is 36.7 Å². The molecule has 1 aliphatic heterocycles. The summed E-state index contributed by atoms with van der Waals surface area (Å²) in [6.07, 6.45) is 8.02. The number of hydrogen-bond donors (Lipinski definition) is 2. The molecule has 2 aromatic carbocycles. The number of rotatable bonds is 11. The van der Waals surface area contributed by atoms with Crippen LogP contribution in [0.5, 0.6) is 0 Å². The van der Waals surface area contributed by atoms with Crippen molar-refractivity contribution in [2.75, 3.05) is 32.7 Å². The van der Waals surface area contributed by atoms with Crippen LogP contribution in [0.1, 0.15) is 99.8 Å². The summed E-state index contributed by atoms with van der Waals surface area (Å²) in [4.78, 5) is 56.0. The molecule has 4 amide bonds. The predicted molar refractivity (Wildman–Crippen MR) is 167 cm³/mol. The maximum atomic E-state index is 13.6. The Labute approximate surface area is 251 Å². The lowest BCUT2D eigenvalue weighted by molar-refractivity contribution is -0.123. The monoisotopic (exact) mass is 576 g/mol. The average Bonchev–Trinajstić information content (AvgIpc) is 2.95. The van der Waals surface area contributed by atoms with Gasteiger partial charge in [-0.25, -0.2) is 0 Å². The van der Waals surface area contributed by atoms with Crippen LogP contribution in [-0.4, -0.2) is 71.7 Å². The molecule has 2 N–H and O–H groups in total. The molecule has 228 valence electrons. The summed E-state index contributed by atoms with van der Waals surface area (Å²) in [5.41, 5.74) is 2.19. The van der Waals surface area contributed by atoms with Gasteiger partial charge in [0.15, 0.2) is 0 Å². The molecule has 0 aliphatic carbocycles. The van der Waals surface area contributed by atoms with Crippen molar-refractivity contribution >= 4 is 23.6 Å². The largest absolute Gasteiger partial charge is 0.355 e. The fourth-order valence-corrected chi connectivity index (χ4v) is 5.13. The van der Waals surface area contributed by atoms with Crippen LogP contribution in [0.2, 0.25) is 0 Å². The van der Waals surface area contributed by atoms with E-state index in [9.17, 15) is 19.2 Å². The van der Waals surface area contributed by atoms with Crippen LogP contribution in [0.3, 0.4) is 0 Å². The first-order chi connectivity index (χ1) is 20.1. The molecular weight excluding hydrogens is 528 g/mol. The molecule has 0 fully saturated rings. The maximum absolute atomic E-state index is 13.6. The van der Waals surface area contributed by atoms with Crippen molar-refractivity contribution in [3.8, 4) is 11.1 Å². The number of nitrogens with one attached hydrogen (secondary N) is 2. The number of hydrogen-bond acceptors (Lipinski definition) is 4. The number of carbonyl (C=O) groups excluding carboxylic acids is 4. The van der Waals surface area contributed by atoms with E-state index in [0.29, 0.717) is 43.6 Å². The lowest BCUT2D eigenvalue weighted by Crippen LogP contribution is -2.47. The summed E-state index contributed by atoms with van der Waals surface area (Å²) < 4.78 is 0. The quantitative estimate of drug-likeness (QED) is 0.349. The van der Waals surface area contributed by atoms with E-state index in [0.717, 1.165) is 24.0 Å². The smallest absolute Gasteiger partial charge is 0.254 e. The normalized spacial score (nSPS) is 14.4. The average molecular weight is 577 g/mol. The van der Waals surface area contributed by atoms with E-state index < -0.39 is 5.54 Å². The minimum Gasteiger partial charge on any atom is -0.355 e. The molecule has 0 saturated carbocycles. The summed E-state index contributed by atoms with van der Waals surface area (Å²) in [5, 5.41) is 5.92. The van der Waals surface area contributed by atoms with Crippen molar-refractivity contribution in [2.24, 2.45) is 0 Å². The fraction of sp³-hybridized carbons (Fsp3) is 0.529. The minimum absolute atomic E-state index is 0.0228. The van der Waals surface area contributed by atoms with E-state index in [4.69, 9.17) is 0 Å². The fourth-order valence-electron chi connectivity index (χ4n) is 5.13. The molecule has 0 aromatic heterocycles. The summed E-state index contributed by atoms with van der Waals surface area (Å²) >= 11 is 0. The Hall–Kier alpha value is -3.68. The Balaban J connectivity index is 1.78. The predicted octanol–water partition coefficient (Wildman–Crippen LogP) is 5.42. The van der Waals surface area contributed by atoms with E-state index in [1.165, 1.54) is 25.7 Å². The van der Waals surface area contributed by atoms with Gasteiger partial charge in [-0.05, 0) is 75.4 Å². The lowest BCUT2D eigenvalue weighted by Gasteiger charge is -2.27. The van der Waals surface area contributed by atoms with E-state index in [1.807, 2.05) is 51.1 Å². The zero-order valence-electron chi connectivity index (χ0n) is 25.8. The summed E-state index contributed by atoms with van der Waals surface area (Å²) in [5.74, 6) is -0.800. The number of amides is 4. The molecule has 42 heavy (non-hydrogen) atoms. The van der Waals surface area contributed by atoms with Gasteiger partial charge in [-0.15, -0.1) is 0 Å². The topological polar surface area (TPSA) is 98.8 Å². The molecule has 1 aliphatic rings. The van der Waals surface area contributed by atoms with Crippen molar-refractivity contribution in [3.63, 3.8) is 0 Å². The summed E-state index contributed by atoms with van der Waals surface area (Å²) in [7, 11) is 0. The van der Waals surface area contributed by atoms with Gasteiger partial charge in [0, 0.05) is 36.3 Å². The van der Waals surface area contributed by atoms with Gasteiger partial charge in [-0.2, -0.15) is 0 Å². The third-order valence-electron chi connectivity index (χ3n) is 7.27. The zero-order valence-corrected chi connectivity index (χ0v) is 25.8. The lowest BCUT2D eigenvalue weighted by atomic mass is 9.99. The molecule has 1 heterocycles. The molecule has 0 saturated heterocycles. The zero-order chi connectivity index (χ0) is 30.5. The van der Waals surface area contributed by atoms with Crippen LogP contribution in [0.4, 0.5) is 0 Å². The highest BCUT2D eigenvalue weighted by molar-refractivity contribution is 5.99. The Morgan fingerprint density at radius 1 is 0.714 bits per heavy atom. The summed E-state index contributed by atoms with van der Waals surface area (Å²) in [6, 6.07) is 14.6. The van der Waals surface area contributed by atoms with Gasteiger partial charge in [0.25, 0.3) is 11.8 Å². The molecule has 3 rings (SSSR count). The van der Waals surface area contributed by atoms with E-state index in [1.54, 1.807) is 28.0 Å². The third kappa shape index (κ3) is 10.6. The highest BCUT2D eigenvalue weighted by atomic mass is 16.2. The number of nitrogens with zero attached hydrogens (tertiary/aromatic N) is 2. The van der Waals surface area contributed by atoms with Crippen LogP contribution in [0.15, 0.2) is 48.5 Å². The minimum atomic E-state index is -0.412. The number of unbranched alkanes of at least 4 members (excludes halogenated alkanes) is 5. The van der Waals surface area contributed by atoms with Gasteiger partial charge in [-0.1, -0.05) is 63.3 Å². The SMILES string of the molecule is CCCCCCCCNC(=O)CN1CCCCN(CC(=O)NC(C)(C)C)C(=O)c2cccc(c2)-c2cccc(c2)C1=O. The first-order valence-corrected chi connectivity index (χ1v) is 15.4. The summed E-state index contributed by atoms with van der Waals surface area (Å²) in [6.45, 7) is 9.16. The Morgan fingerprint density at radius 3 is 1.71 bits per heavy atom. The van der Waals surface area contributed by atoms with Crippen LogP contribution in [-0.2, 0) is 9.59 Å². The maximum Gasteiger partial charge on any atom is 0.254 e. The van der Waals surface area contributed by atoms with Gasteiger partial charge in [0.1, 0.15) is 0 Å². The van der Waals surface area contributed by atoms with E-state index in [2.05, 4.69) is 17.6 Å². The molecule has 8 heteroatoms. The van der Waals surface area contributed by atoms with Gasteiger partial charge in [-0.3, -0.25) is 19.2 Å². The first kappa shape index (κ1) is 32.8.